The molecule has 18 heavy (non-hydrogen) atoms. The molecule has 1 rings (SSSR count). The summed E-state index contributed by atoms with van der Waals surface area (Å²) in [4.78, 5) is 2.44. The lowest BCUT2D eigenvalue weighted by atomic mass is 10.00. The van der Waals surface area contributed by atoms with Crippen LogP contribution in [0.1, 0.15) is 31.7 Å². The lowest BCUT2D eigenvalue weighted by molar-refractivity contribution is 0.185. The van der Waals surface area contributed by atoms with Crippen molar-refractivity contribution in [3.05, 3.63) is 35.9 Å². The highest BCUT2D eigenvalue weighted by atomic mass is 79.9. The molecule has 0 saturated carbocycles. The van der Waals surface area contributed by atoms with E-state index >= 15 is 0 Å². The fourth-order valence-corrected chi connectivity index (χ4v) is 2.66. The molecule has 0 aromatic heterocycles. The summed E-state index contributed by atoms with van der Waals surface area (Å²) in [7, 11) is 0. The second-order valence-electron chi connectivity index (χ2n) is 4.93. The van der Waals surface area contributed by atoms with Crippen LogP contribution >= 0.6 is 15.9 Å². The number of nitrogens with zero attached hydrogens (tertiary/aromatic N) is 1. The van der Waals surface area contributed by atoms with Gasteiger partial charge in [0.15, 0.2) is 0 Å². The van der Waals surface area contributed by atoms with E-state index < -0.39 is 0 Å². The average Bonchev–Trinajstić information content (AvgIpc) is 2.39. The van der Waals surface area contributed by atoms with Gasteiger partial charge in [0.2, 0.25) is 0 Å². The SMILES string of the molecule is CC(C)N(CCCO)CC(CBr)c1ccccc1. The molecule has 3 heteroatoms. The fourth-order valence-electron chi connectivity index (χ4n) is 2.09. The van der Waals surface area contributed by atoms with Crippen LogP contribution in [0.2, 0.25) is 0 Å². The molecule has 0 aliphatic heterocycles. The number of aliphatic hydroxyl groups excluding tert-OH is 1. The maximum atomic E-state index is 8.97. The second-order valence-corrected chi connectivity index (χ2v) is 5.58. The molecule has 0 amide bonds. The monoisotopic (exact) mass is 313 g/mol. The summed E-state index contributed by atoms with van der Waals surface area (Å²) < 4.78 is 0. The predicted octanol–water partition coefficient (Wildman–Crippen LogP) is 3.26. The fraction of sp³-hybridized carbons (Fsp3) is 0.600. The highest BCUT2D eigenvalue weighted by Crippen LogP contribution is 2.20. The quantitative estimate of drug-likeness (QED) is 0.745. The molecule has 0 fully saturated rings. The Kier molecular flexibility index (Phi) is 7.56. The molecule has 1 N–H and O–H groups in total. The maximum Gasteiger partial charge on any atom is 0.0443 e. The first-order valence-electron chi connectivity index (χ1n) is 6.64. The van der Waals surface area contributed by atoms with Crippen molar-refractivity contribution in [3.63, 3.8) is 0 Å². The highest BCUT2D eigenvalue weighted by molar-refractivity contribution is 9.09. The van der Waals surface area contributed by atoms with Crippen LogP contribution in [0.4, 0.5) is 0 Å². The van der Waals surface area contributed by atoms with Gasteiger partial charge >= 0.3 is 0 Å². The number of halogens is 1. The van der Waals surface area contributed by atoms with E-state index in [2.05, 4.69) is 65.0 Å². The highest BCUT2D eigenvalue weighted by Gasteiger charge is 2.16. The molecule has 0 aliphatic rings. The zero-order chi connectivity index (χ0) is 13.4. The van der Waals surface area contributed by atoms with Gasteiger partial charge in [0.1, 0.15) is 0 Å². The summed E-state index contributed by atoms with van der Waals surface area (Å²) >= 11 is 3.62. The standard InChI is InChI=1S/C15H24BrNO/c1-13(2)17(9-6-10-18)12-15(11-16)14-7-4-3-5-8-14/h3-5,7-8,13,15,18H,6,9-12H2,1-2H3. The van der Waals surface area contributed by atoms with Gasteiger partial charge in [-0.3, -0.25) is 0 Å². The minimum atomic E-state index is 0.271. The lowest BCUT2D eigenvalue weighted by Gasteiger charge is -2.30. The van der Waals surface area contributed by atoms with E-state index in [0.29, 0.717) is 12.0 Å². The van der Waals surface area contributed by atoms with Crippen molar-refractivity contribution in [2.45, 2.75) is 32.2 Å². The Labute approximate surface area is 119 Å². The molecule has 1 aromatic carbocycles. The van der Waals surface area contributed by atoms with Gasteiger partial charge in [-0.2, -0.15) is 0 Å². The summed E-state index contributed by atoms with van der Waals surface area (Å²) in [5.41, 5.74) is 1.38. The number of aliphatic hydroxyl groups is 1. The van der Waals surface area contributed by atoms with Gasteiger partial charge in [0, 0.05) is 37.0 Å². The summed E-state index contributed by atoms with van der Waals surface area (Å²) in [6, 6.07) is 11.1. The Morgan fingerprint density at radius 2 is 1.89 bits per heavy atom. The number of hydrogen-bond acceptors (Lipinski definition) is 2. The smallest absolute Gasteiger partial charge is 0.0443 e. The Morgan fingerprint density at radius 3 is 2.39 bits per heavy atom. The van der Waals surface area contributed by atoms with Crippen molar-refractivity contribution in [1.82, 2.24) is 4.90 Å². The van der Waals surface area contributed by atoms with Crippen molar-refractivity contribution in [2.75, 3.05) is 25.0 Å². The first-order valence-corrected chi connectivity index (χ1v) is 7.77. The van der Waals surface area contributed by atoms with Crippen molar-refractivity contribution in [3.8, 4) is 0 Å². The normalized spacial score (nSPS) is 13.2. The Morgan fingerprint density at radius 1 is 1.22 bits per heavy atom. The van der Waals surface area contributed by atoms with Gasteiger partial charge in [0.25, 0.3) is 0 Å². The van der Waals surface area contributed by atoms with E-state index in [1.54, 1.807) is 0 Å². The van der Waals surface area contributed by atoms with Crippen molar-refractivity contribution < 1.29 is 5.11 Å². The first kappa shape index (κ1) is 15.7. The summed E-state index contributed by atoms with van der Waals surface area (Å²) in [5, 5.41) is 9.94. The average molecular weight is 314 g/mol. The zero-order valence-electron chi connectivity index (χ0n) is 11.3. The maximum absolute atomic E-state index is 8.97. The molecule has 0 radical (unpaired) electrons. The van der Waals surface area contributed by atoms with Gasteiger partial charge in [-0.25, -0.2) is 0 Å². The van der Waals surface area contributed by atoms with E-state index in [-0.39, 0.29) is 6.61 Å². The van der Waals surface area contributed by atoms with E-state index in [0.717, 1.165) is 24.8 Å². The van der Waals surface area contributed by atoms with Crippen LogP contribution in [0.25, 0.3) is 0 Å². The van der Waals surface area contributed by atoms with Crippen LogP contribution in [0.3, 0.4) is 0 Å². The van der Waals surface area contributed by atoms with Crippen LogP contribution in [0, 0.1) is 0 Å². The third-order valence-corrected chi connectivity index (χ3v) is 4.03. The topological polar surface area (TPSA) is 23.5 Å². The zero-order valence-corrected chi connectivity index (χ0v) is 12.9. The summed E-state index contributed by atoms with van der Waals surface area (Å²) in [6.07, 6.45) is 0.849. The second kappa shape index (κ2) is 8.68. The minimum Gasteiger partial charge on any atom is -0.396 e. The van der Waals surface area contributed by atoms with Gasteiger partial charge in [-0.1, -0.05) is 46.3 Å². The molecule has 1 atom stereocenters. The molecule has 2 nitrogen and oxygen atoms in total. The number of alkyl halides is 1. The van der Waals surface area contributed by atoms with Gasteiger partial charge in [-0.05, 0) is 25.8 Å². The predicted molar refractivity (Wildman–Crippen MR) is 81.4 cm³/mol. The van der Waals surface area contributed by atoms with Gasteiger partial charge < -0.3 is 10.0 Å². The molecule has 0 spiro atoms. The third kappa shape index (κ3) is 5.09. The molecule has 102 valence electrons. The van der Waals surface area contributed by atoms with Crippen molar-refractivity contribution in [1.29, 1.82) is 0 Å². The molecule has 1 aromatic rings. The molecule has 0 heterocycles. The third-order valence-electron chi connectivity index (χ3n) is 3.25. The van der Waals surface area contributed by atoms with E-state index in [1.807, 2.05) is 0 Å². The van der Waals surface area contributed by atoms with Crippen molar-refractivity contribution >= 4 is 15.9 Å². The number of benzene rings is 1. The van der Waals surface area contributed by atoms with Gasteiger partial charge in [0.05, 0.1) is 0 Å². The first-order chi connectivity index (χ1) is 8.69. The Bertz CT molecular complexity index is 316. The molecule has 0 saturated heterocycles. The molecule has 0 aliphatic carbocycles. The summed E-state index contributed by atoms with van der Waals surface area (Å²) in [5.74, 6) is 0.507. The summed E-state index contributed by atoms with van der Waals surface area (Å²) in [6.45, 7) is 6.70. The largest absolute Gasteiger partial charge is 0.396 e. The van der Waals surface area contributed by atoms with E-state index in [9.17, 15) is 0 Å². The van der Waals surface area contributed by atoms with Crippen LogP contribution in [0.15, 0.2) is 30.3 Å². The Balaban J connectivity index is 2.65. The van der Waals surface area contributed by atoms with Crippen LogP contribution in [0.5, 0.6) is 0 Å². The van der Waals surface area contributed by atoms with Crippen LogP contribution in [-0.4, -0.2) is 41.1 Å². The minimum absolute atomic E-state index is 0.271. The van der Waals surface area contributed by atoms with E-state index in [4.69, 9.17) is 5.11 Å². The van der Waals surface area contributed by atoms with E-state index in [1.165, 1.54) is 5.56 Å². The number of hydrogen-bond donors (Lipinski definition) is 1. The lowest BCUT2D eigenvalue weighted by Crippen LogP contribution is -2.36. The Hall–Kier alpha value is -0.380. The van der Waals surface area contributed by atoms with Crippen LogP contribution < -0.4 is 0 Å². The molecule has 1 unspecified atom stereocenters. The van der Waals surface area contributed by atoms with Crippen LogP contribution in [-0.2, 0) is 0 Å². The number of rotatable bonds is 8. The molecular formula is C15H24BrNO. The molecule has 0 bridgehead atoms. The van der Waals surface area contributed by atoms with Gasteiger partial charge in [-0.15, -0.1) is 0 Å². The van der Waals surface area contributed by atoms with Crippen molar-refractivity contribution in [2.24, 2.45) is 0 Å². The molecular weight excluding hydrogens is 290 g/mol.